The van der Waals surface area contributed by atoms with Crippen molar-refractivity contribution in [1.82, 2.24) is 15.1 Å². The zero-order valence-electron chi connectivity index (χ0n) is 17.9. The fraction of sp³-hybridized carbons (Fsp3) is 0.450. The van der Waals surface area contributed by atoms with E-state index in [9.17, 15) is 14.9 Å². The lowest BCUT2D eigenvalue weighted by Gasteiger charge is -2.32. The molecular formula is C20H25N5O6. The smallest absolute Gasteiger partial charge is 0.286 e. The van der Waals surface area contributed by atoms with E-state index in [-0.39, 0.29) is 35.4 Å². The summed E-state index contributed by atoms with van der Waals surface area (Å²) < 4.78 is 16.2. The van der Waals surface area contributed by atoms with Crippen LogP contribution in [0.5, 0.6) is 17.4 Å². The number of rotatable bonds is 7. The minimum atomic E-state index is -0.602. The number of hydrogen-bond acceptors (Lipinski definition) is 9. The molecule has 1 aliphatic heterocycles. The van der Waals surface area contributed by atoms with Crippen LogP contribution in [0.4, 0.5) is 11.5 Å². The molecular weight excluding hydrogens is 406 g/mol. The van der Waals surface area contributed by atoms with Gasteiger partial charge in [0.1, 0.15) is 11.7 Å². The van der Waals surface area contributed by atoms with Crippen LogP contribution in [0.25, 0.3) is 0 Å². The van der Waals surface area contributed by atoms with Crippen molar-refractivity contribution in [2.24, 2.45) is 0 Å². The monoisotopic (exact) mass is 431 g/mol. The molecule has 0 aliphatic carbocycles. The Morgan fingerprint density at radius 1 is 1.19 bits per heavy atom. The number of aromatic nitrogens is 2. The van der Waals surface area contributed by atoms with Crippen molar-refractivity contribution in [3.05, 3.63) is 39.9 Å². The summed E-state index contributed by atoms with van der Waals surface area (Å²) in [6, 6.07) is 6.06. The number of nitro benzene ring substituents is 1. The molecule has 1 atom stereocenters. The summed E-state index contributed by atoms with van der Waals surface area (Å²) in [5.74, 6) is 1.04. The Bertz CT molecular complexity index is 950. The SMILES string of the molecule is COc1cc(C(=O)N2CCCC(Oc3ccc(N(C)C)nn3)C2)c([N+](=O)[O-])cc1OC. The Balaban J connectivity index is 1.78. The predicted molar refractivity (Wildman–Crippen MR) is 112 cm³/mol. The molecule has 0 spiro atoms. The molecule has 1 unspecified atom stereocenters. The van der Waals surface area contributed by atoms with Gasteiger partial charge in [-0.2, -0.15) is 0 Å². The zero-order valence-corrected chi connectivity index (χ0v) is 17.9. The first-order valence-electron chi connectivity index (χ1n) is 9.71. The second kappa shape index (κ2) is 9.45. The maximum absolute atomic E-state index is 13.1. The van der Waals surface area contributed by atoms with Crippen molar-refractivity contribution < 1.29 is 23.9 Å². The molecule has 0 saturated carbocycles. The Morgan fingerprint density at radius 2 is 1.90 bits per heavy atom. The summed E-state index contributed by atoms with van der Waals surface area (Å²) in [7, 11) is 6.51. The summed E-state index contributed by atoms with van der Waals surface area (Å²) in [6.45, 7) is 0.747. The van der Waals surface area contributed by atoms with Gasteiger partial charge in [0.15, 0.2) is 17.3 Å². The number of piperidine rings is 1. The molecule has 2 heterocycles. The highest BCUT2D eigenvalue weighted by molar-refractivity contribution is 5.99. The zero-order chi connectivity index (χ0) is 22.5. The number of anilines is 1. The predicted octanol–water partition coefficient (Wildman–Crippen LogP) is 2.15. The van der Waals surface area contributed by atoms with Gasteiger partial charge < -0.3 is 24.0 Å². The molecule has 1 aromatic heterocycles. The number of carbonyl (C=O) groups is 1. The summed E-state index contributed by atoms with van der Waals surface area (Å²) in [4.78, 5) is 27.5. The fourth-order valence-electron chi connectivity index (χ4n) is 3.36. The van der Waals surface area contributed by atoms with E-state index in [1.807, 2.05) is 19.0 Å². The van der Waals surface area contributed by atoms with Crippen LogP contribution in [0, 0.1) is 10.1 Å². The van der Waals surface area contributed by atoms with Crippen LogP contribution >= 0.6 is 0 Å². The second-order valence-electron chi connectivity index (χ2n) is 7.24. The van der Waals surface area contributed by atoms with E-state index >= 15 is 0 Å². The molecule has 11 nitrogen and oxygen atoms in total. The van der Waals surface area contributed by atoms with Crippen molar-refractivity contribution in [1.29, 1.82) is 0 Å². The average Bonchev–Trinajstić information content (AvgIpc) is 2.78. The minimum Gasteiger partial charge on any atom is -0.493 e. The van der Waals surface area contributed by atoms with Gasteiger partial charge in [0.05, 0.1) is 31.8 Å². The highest BCUT2D eigenvalue weighted by Crippen LogP contribution is 2.35. The van der Waals surface area contributed by atoms with Gasteiger partial charge in [-0.3, -0.25) is 14.9 Å². The molecule has 31 heavy (non-hydrogen) atoms. The molecule has 3 rings (SSSR count). The first-order chi connectivity index (χ1) is 14.8. The van der Waals surface area contributed by atoms with Crippen molar-refractivity contribution in [2.75, 3.05) is 46.3 Å². The van der Waals surface area contributed by atoms with E-state index in [4.69, 9.17) is 14.2 Å². The molecule has 11 heteroatoms. The molecule has 2 aromatic rings. The van der Waals surface area contributed by atoms with Crippen molar-refractivity contribution in [3.8, 4) is 17.4 Å². The molecule has 0 radical (unpaired) electrons. The summed E-state index contributed by atoms with van der Waals surface area (Å²) in [5.41, 5.74) is -0.394. The number of methoxy groups -OCH3 is 2. The molecule has 1 aromatic carbocycles. The topological polar surface area (TPSA) is 120 Å². The summed E-state index contributed by atoms with van der Waals surface area (Å²) in [6.07, 6.45) is 1.13. The second-order valence-corrected chi connectivity index (χ2v) is 7.24. The van der Waals surface area contributed by atoms with E-state index < -0.39 is 10.8 Å². The van der Waals surface area contributed by atoms with Crippen molar-refractivity contribution >= 4 is 17.4 Å². The van der Waals surface area contributed by atoms with E-state index in [1.54, 1.807) is 17.0 Å². The van der Waals surface area contributed by atoms with Crippen molar-refractivity contribution in [2.45, 2.75) is 18.9 Å². The van der Waals surface area contributed by atoms with Gasteiger partial charge >= 0.3 is 0 Å². The summed E-state index contributed by atoms with van der Waals surface area (Å²) in [5, 5.41) is 19.7. The molecule has 0 bridgehead atoms. The highest BCUT2D eigenvalue weighted by atomic mass is 16.6. The van der Waals surface area contributed by atoms with Crippen LogP contribution in [0.2, 0.25) is 0 Å². The number of likely N-dealkylation sites (tertiary alicyclic amines) is 1. The number of nitro groups is 1. The third-order valence-electron chi connectivity index (χ3n) is 4.97. The standard InChI is InChI=1S/C20H25N5O6/c1-23(2)18-7-8-19(22-21-18)31-13-6-5-9-24(12-13)20(26)14-10-16(29-3)17(30-4)11-15(14)25(27)28/h7-8,10-11,13H,5-6,9,12H2,1-4H3. The first-order valence-corrected chi connectivity index (χ1v) is 9.71. The van der Waals surface area contributed by atoms with Gasteiger partial charge in [-0.15, -0.1) is 10.2 Å². The maximum atomic E-state index is 13.1. The van der Waals surface area contributed by atoms with E-state index in [0.29, 0.717) is 24.7 Å². The molecule has 166 valence electrons. The largest absolute Gasteiger partial charge is 0.493 e. The first kappa shape index (κ1) is 22.1. The number of amides is 1. The van der Waals surface area contributed by atoms with E-state index in [1.165, 1.54) is 26.4 Å². The van der Waals surface area contributed by atoms with E-state index in [0.717, 1.165) is 6.42 Å². The van der Waals surface area contributed by atoms with Gasteiger partial charge in [0, 0.05) is 32.8 Å². The van der Waals surface area contributed by atoms with Gasteiger partial charge in [0.25, 0.3) is 11.6 Å². The molecule has 1 saturated heterocycles. The van der Waals surface area contributed by atoms with Gasteiger partial charge in [-0.25, -0.2) is 0 Å². The molecule has 0 N–H and O–H groups in total. The Labute approximate surface area is 179 Å². The fourth-order valence-corrected chi connectivity index (χ4v) is 3.36. The molecule has 1 aliphatic rings. The van der Waals surface area contributed by atoms with Gasteiger partial charge in [-0.1, -0.05) is 0 Å². The minimum absolute atomic E-state index is 0.0570. The Morgan fingerprint density at radius 3 is 2.48 bits per heavy atom. The number of benzene rings is 1. The highest BCUT2D eigenvalue weighted by Gasteiger charge is 2.31. The Hall–Kier alpha value is -3.63. The van der Waals surface area contributed by atoms with Crippen LogP contribution in [0.15, 0.2) is 24.3 Å². The lowest BCUT2D eigenvalue weighted by atomic mass is 10.0. The Kier molecular flexibility index (Phi) is 6.73. The summed E-state index contributed by atoms with van der Waals surface area (Å²) >= 11 is 0. The van der Waals surface area contributed by atoms with Gasteiger partial charge in [-0.05, 0) is 18.9 Å². The van der Waals surface area contributed by atoms with E-state index in [2.05, 4.69) is 10.2 Å². The third-order valence-corrected chi connectivity index (χ3v) is 4.97. The van der Waals surface area contributed by atoms with Crippen molar-refractivity contribution in [3.63, 3.8) is 0 Å². The maximum Gasteiger partial charge on any atom is 0.286 e. The quantitative estimate of drug-likeness (QED) is 0.479. The van der Waals surface area contributed by atoms with Crippen LogP contribution in [-0.2, 0) is 0 Å². The number of nitrogens with zero attached hydrogens (tertiary/aromatic N) is 5. The molecule has 1 fully saturated rings. The number of hydrogen-bond donors (Lipinski definition) is 0. The molecule has 1 amide bonds. The number of ether oxygens (including phenoxy) is 3. The average molecular weight is 431 g/mol. The lowest BCUT2D eigenvalue weighted by Crippen LogP contribution is -2.44. The number of carbonyl (C=O) groups excluding carboxylic acids is 1. The third kappa shape index (κ3) is 4.93. The van der Waals surface area contributed by atoms with Crippen LogP contribution in [0.3, 0.4) is 0 Å². The van der Waals surface area contributed by atoms with Gasteiger partial charge in [0.2, 0.25) is 5.88 Å². The lowest BCUT2D eigenvalue weighted by molar-refractivity contribution is -0.385. The van der Waals surface area contributed by atoms with Crippen LogP contribution in [-0.4, -0.2) is 73.4 Å². The van der Waals surface area contributed by atoms with Crippen LogP contribution < -0.4 is 19.1 Å². The normalized spacial score (nSPS) is 15.9. The van der Waals surface area contributed by atoms with Crippen LogP contribution in [0.1, 0.15) is 23.2 Å².